The maximum absolute atomic E-state index is 12.4. The van der Waals surface area contributed by atoms with Crippen LogP contribution in [0.2, 0.25) is 5.02 Å². The van der Waals surface area contributed by atoms with E-state index in [2.05, 4.69) is 11.9 Å². The molecular formula is C15H21ClN2O2. The summed E-state index contributed by atoms with van der Waals surface area (Å²) in [6.07, 6.45) is 0.517. The average molecular weight is 297 g/mol. The van der Waals surface area contributed by atoms with Crippen molar-refractivity contribution >= 4 is 17.5 Å². The third-order valence-corrected chi connectivity index (χ3v) is 3.72. The van der Waals surface area contributed by atoms with Crippen molar-refractivity contribution in [1.29, 1.82) is 0 Å². The Morgan fingerprint density at radius 1 is 1.30 bits per heavy atom. The van der Waals surface area contributed by atoms with Crippen LogP contribution in [0.15, 0.2) is 24.3 Å². The van der Waals surface area contributed by atoms with Gasteiger partial charge in [-0.1, -0.05) is 17.7 Å². The molecule has 1 aromatic rings. The highest BCUT2D eigenvalue weighted by atomic mass is 35.5. The predicted octanol–water partition coefficient (Wildman–Crippen LogP) is 2.27. The van der Waals surface area contributed by atoms with Gasteiger partial charge in [0, 0.05) is 24.7 Å². The number of hydrogen-bond donors (Lipinski definition) is 0. The van der Waals surface area contributed by atoms with Crippen molar-refractivity contribution in [2.24, 2.45) is 0 Å². The highest BCUT2D eigenvalue weighted by Gasteiger charge is 2.23. The first-order valence-electron chi connectivity index (χ1n) is 6.96. The molecule has 2 rings (SSSR count). The van der Waals surface area contributed by atoms with Crippen molar-refractivity contribution < 1.29 is 9.53 Å². The van der Waals surface area contributed by atoms with Crippen LogP contribution >= 0.6 is 11.6 Å². The highest BCUT2D eigenvalue weighted by Crippen LogP contribution is 2.19. The SMILES string of the molecule is CC(Oc1cccc(Cl)c1)C(=O)N1CCCN(C)CC1. The van der Waals surface area contributed by atoms with Crippen LogP contribution in [0.1, 0.15) is 13.3 Å². The van der Waals surface area contributed by atoms with E-state index in [1.807, 2.05) is 17.0 Å². The zero-order chi connectivity index (χ0) is 14.5. The van der Waals surface area contributed by atoms with E-state index in [0.717, 1.165) is 32.6 Å². The van der Waals surface area contributed by atoms with Gasteiger partial charge in [0.25, 0.3) is 5.91 Å². The molecule has 0 N–H and O–H groups in total. The fourth-order valence-electron chi connectivity index (χ4n) is 2.32. The van der Waals surface area contributed by atoms with E-state index in [0.29, 0.717) is 10.8 Å². The van der Waals surface area contributed by atoms with Crippen LogP contribution in [0.5, 0.6) is 5.75 Å². The number of amides is 1. The van der Waals surface area contributed by atoms with Gasteiger partial charge in [0.1, 0.15) is 5.75 Å². The molecule has 0 aromatic heterocycles. The Balaban J connectivity index is 1.94. The summed E-state index contributed by atoms with van der Waals surface area (Å²) in [4.78, 5) is 16.5. The summed E-state index contributed by atoms with van der Waals surface area (Å²) < 4.78 is 5.69. The van der Waals surface area contributed by atoms with E-state index >= 15 is 0 Å². The summed E-state index contributed by atoms with van der Waals surface area (Å²) in [5.41, 5.74) is 0. The first-order valence-corrected chi connectivity index (χ1v) is 7.33. The Kier molecular flexibility index (Phi) is 5.26. The van der Waals surface area contributed by atoms with Gasteiger partial charge >= 0.3 is 0 Å². The smallest absolute Gasteiger partial charge is 0.263 e. The molecule has 1 atom stereocenters. The van der Waals surface area contributed by atoms with Crippen molar-refractivity contribution in [3.8, 4) is 5.75 Å². The number of carbonyl (C=O) groups excluding carboxylic acids is 1. The molecule has 1 heterocycles. The Bertz CT molecular complexity index is 467. The van der Waals surface area contributed by atoms with E-state index in [-0.39, 0.29) is 5.91 Å². The lowest BCUT2D eigenvalue weighted by atomic mass is 10.3. The Hall–Kier alpha value is -1.26. The van der Waals surface area contributed by atoms with E-state index in [1.54, 1.807) is 19.1 Å². The van der Waals surface area contributed by atoms with Gasteiger partial charge in [-0.3, -0.25) is 4.79 Å². The third-order valence-electron chi connectivity index (χ3n) is 3.49. The summed E-state index contributed by atoms with van der Waals surface area (Å²) in [5.74, 6) is 0.672. The fourth-order valence-corrected chi connectivity index (χ4v) is 2.50. The first-order chi connectivity index (χ1) is 9.56. The zero-order valence-corrected chi connectivity index (χ0v) is 12.8. The Labute approximate surface area is 125 Å². The number of hydrogen-bond acceptors (Lipinski definition) is 3. The Morgan fingerprint density at radius 2 is 2.10 bits per heavy atom. The van der Waals surface area contributed by atoms with Crippen molar-refractivity contribution in [3.63, 3.8) is 0 Å². The molecule has 1 saturated heterocycles. The second-order valence-electron chi connectivity index (χ2n) is 5.20. The number of ether oxygens (including phenoxy) is 1. The monoisotopic (exact) mass is 296 g/mol. The van der Waals surface area contributed by atoms with Gasteiger partial charge in [-0.25, -0.2) is 0 Å². The maximum atomic E-state index is 12.4. The molecule has 1 aromatic carbocycles. The molecule has 1 aliphatic rings. The van der Waals surface area contributed by atoms with Gasteiger partial charge in [-0.15, -0.1) is 0 Å². The van der Waals surface area contributed by atoms with Crippen molar-refractivity contribution in [2.75, 3.05) is 33.2 Å². The minimum Gasteiger partial charge on any atom is -0.481 e. The molecule has 1 amide bonds. The van der Waals surface area contributed by atoms with Gasteiger partial charge in [0.2, 0.25) is 0 Å². The van der Waals surface area contributed by atoms with Gasteiger partial charge in [-0.05, 0) is 45.1 Å². The molecule has 1 fully saturated rings. The summed E-state index contributed by atoms with van der Waals surface area (Å²) in [6, 6.07) is 7.13. The largest absolute Gasteiger partial charge is 0.481 e. The molecule has 5 heteroatoms. The van der Waals surface area contributed by atoms with Crippen LogP contribution in [0.25, 0.3) is 0 Å². The molecular weight excluding hydrogens is 276 g/mol. The van der Waals surface area contributed by atoms with E-state index < -0.39 is 6.10 Å². The maximum Gasteiger partial charge on any atom is 0.263 e. The average Bonchev–Trinajstić information content (AvgIpc) is 2.62. The lowest BCUT2D eigenvalue weighted by molar-refractivity contribution is -0.137. The minimum absolute atomic E-state index is 0.0419. The Morgan fingerprint density at radius 3 is 2.85 bits per heavy atom. The molecule has 1 unspecified atom stereocenters. The molecule has 110 valence electrons. The predicted molar refractivity (Wildman–Crippen MR) is 80.2 cm³/mol. The molecule has 0 aliphatic carbocycles. The van der Waals surface area contributed by atoms with Gasteiger partial charge in [0.05, 0.1) is 0 Å². The molecule has 20 heavy (non-hydrogen) atoms. The van der Waals surface area contributed by atoms with Crippen LogP contribution in [0, 0.1) is 0 Å². The molecule has 0 saturated carbocycles. The lowest BCUT2D eigenvalue weighted by Gasteiger charge is -2.24. The molecule has 4 nitrogen and oxygen atoms in total. The summed E-state index contributed by atoms with van der Waals surface area (Å²) in [7, 11) is 2.08. The molecule has 0 radical (unpaired) electrons. The van der Waals surface area contributed by atoms with Crippen LogP contribution in [-0.4, -0.2) is 55.0 Å². The number of halogens is 1. The second kappa shape index (κ2) is 6.95. The summed E-state index contributed by atoms with van der Waals surface area (Å²) in [6.45, 7) is 5.30. The number of rotatable bonds is 3. The lowest BCUT2D eigenvalue weighted by Crippen LogP contribution is -2.42. The van der Waals surface area contributed by atoms with Crippen molar-refractivity contribution in [3.05, 3.63) is 29.3 Å². The first kappa shape index (κ1) is 15.1. The van der Waals surface area contributed by atoms with Crippen molar-refractivity contribution in [1.82, 2.24) is 9.80 Å². The summed E-state index contributed by atoms with van der Waals surface area (Å²) >= 11 is 5.91. The van der Waals surface area contributed by atoms with E-state index in [9.17, 15) is 4.79 Å². The fraction of sp³-hybridized carbons (Fsp3) is 0.533. The van der Waals surface area contributed by atoms with Crippen LogP contribution in [-0.2, 0) is 4.79 Å². The normalized spacial score (nSPS) is 18.4. The molecule has 0 bridgehead atoms. The van der Waals surface area contributed by atoms with Crippen LogP contribution in [0.4, 0.5) is 0 Å². The topological polar surface area (TPSA) is 32.8 Å². The molecule has 1 aliphatic heterocycles. The quantitative estimate of drug-likeness (QED) is 0.858. The second-order valence-corrected chi connectivity index (χ2v) is 5.64. The van der Waals surface area contributed by atoms with Crippen LogP contribution < -0.4 is 4.74 Å². The van der Waals surface area contributed by atoms with Crippen LogP contribution in [0.3, 0.4) is 0 Å². The van der Waals surface area contributed by atoms with E-state index in [4.69, 9.17) is 16.3 Å². The number of benzene rings is 1. The molecule has 0 spiro atoms. The van der Waals surface area contributed by atoms with Crippen molar-refractivity contribution in [2.45, 2.75) is 19.4 Å². The minimum atomic E-state index is -0.489. The number of likely N-dealkylation sites (N-methyl/N-ethyl adjacent to an activating group) is 1. The standard InChI is InChI=1S/C15H21ClN2O2/c1-12(20-14-6-3-5-13(16)11-14)15(19)18-8-4-7-17(2)9-10-18/h3,5-6,11-12H,4,7-10H2,1-2H3. The zero-order valence-electron chi connectivity index (χ0n) is 12.0. The van der Waals surface area contributed by atoms with Gasteiger partial charge < -0.3 is 14.5 Å². The number of nitrogens with zero attached hydrogens (tertiary/aromatic N) is 2. The van der Waals surface area contributed by atoms with E-state index in [1.165, 1.54) is 0 Å². The van der Waals surface area contributed by atoms with Gasteiger partial charge in [0.15, 0.2) is 6.10 Å². The highest BCUT2D eigenvalue weighted by molar-refractivity contribution is 6.30. The summed E-state index contributed by atoms with van der Waals surface area (Å²) in [5, 5.41) is 0.610. The number of carbonyl (C=O) groups is 1. The third kappa shape index (κ3) is 4.12. The van der Waals surface area contributed by atoms with Gasteiger partial charge in [-0.2, -0.15) is 0 Å².